The maximum atomic E-state index is 12.7. The zero-order valence-corrected chi connectivity index (χ0v) is 18.2. The van der Waals surface area contributed by atoms with Gasteiger partial charge in [-0.25, -0.2) is 4.98 Å². The number of rotatable bonds is 5. The van der Waals surface area contributed by atoms with Crippen molar-refractivity contribution in [3.63, 3.8) is 0 Å². The molecule has 31 heavy (non-hydrogen) atoms. The van der Waals surface area contributed by atoms with E-state index in [4.69, 9.17) is 4.74 Å². The number of fused-ring (bicyclic) bond motifs is 1. The lowest BCUT2D eigenvalue weighted by molar-refractivity contribution is -0.122. The Hall–Kier alpha value is -2.96. The predicted octanol–water partition coefficient (Wildman–Crippen LogP) is 3.18. The van der Waals surface area contributed by atoms with Crippen LogP contribution in [0.1, 0.15) is 61.5 Å². The van der Waals surface area contributed by atoms with Gasteiger partial charge in [-0.2, -0.15) is 0 Å². The number of piperidine rings is 1. The number of aromatic nitrogens is 2. The van der Waals surface area contributed by atoms with E-state index in [-0.39, 0.29) is 23.3 Å². The van der Waals surface area contributed by atoms with Gasteiger partial charge in [-0.15, -0.1) is 0 Å². The quantitative estimate of drug-likeness (QED) is 0.800. The van der Waals surface area contributed by atoms with Crippen molar-refractivity contribution < 1.29 is 14.3 Å². The van der Waals surface area contributed by atoms with E-state index < -0.39 is 0 Å². The lowest BCUT2D eigenvalue weighted by Crippen LogP contribution is -2.52. The van der Waals surface area contributed by atoms with Crippen LogP contribution in [0.15, 0.2) is 42.9 Å². The molecule has 0 saturated carbocycles. The van der Waals surface area contributed by atoms with Crippen molar-refractivity contribution in [1.29, 1.82) is 0 Å². The van der Waals surface area contributed by atoms with Crippen LogP contribution in [0.25, 0.3) is 0 Å². The van der Waals surface area contributed by atoms with Crippen LogP contribution in [0.5, 0.6) is 5.75 Å². The van der Waals surface area contributed by atoms with E-state index in [2.05, 4.69) is 35.2 Å². The molecule has 1 N–H and O–H groups in total. The minimum atomic E-state index is -0.351. The number of carbonyl (C=O) groups excluding carboxylic acids is 2. The highest BCUT2D eigenvalue weighted by molar-refractivity contribution is 5.92. The molecule has 164 valence electrons. The van der Waals surface area contributed by atoms with E-state index in [0.717, 1.165) is 30.6 Å². The first-order chi connectivity index (χ1) is 15.0. The Balaban J connectivity index is 1.46. The number of benzene rings is 1. The number of nitrogens with one attached hydrogen (secondary N) is 1. The highest BCUT2D eigenvalue weighted by atomic mass is 16.5. The van der Waals surface area contributed by atoms with Gasteiger partial charge in [0.25, 0.3) is 5.91 Å². The standard InChI is InChI=1S/C24H30N4O3/c1-17(2)15-27-22(29)13-18-14-24(31-21-6-4-3-5-19(18)21)7-11-28(12-8-24)23(30)20-16-25-9-10-26-20/h3-6,9-10,16-18H,7-8,11-15H2,1-2H3,(H,27,29)/t18-/m1/s1. The summed E-state index contributed by atoms with van der Waals surface area (Å²) >= 11 is 0. The smallest absolute Gasteiger partial charge is 0.274 e. The lowest BCUT2D eigenvalue weighted by Gasteiger charge is -2.46. The van der Waals surface area contributed by atoms with E-state index >= 15 is 0 Å². The summed E-state index contributed by atoms with van der Waals surface area (Å²) in [6.45, 7) is 6.08. The molecule has 0 bridgehead atoms. The maximum absolute atomic E-state index is 12.7. The molecule has 0 aliphatic carbocycles. The average molecular weight is 423 g/mol. The van der Waals surface area contributed by atoms with Gasteiger partial charge in [-0.1, -0.05) is 32.0 Å². The zero-order valence-electron chi connectivity index (χ0n) is 18.2. The van der Waals surface area contributed by atoms with Crippen molar-refractivity contribution in [2.24, 2.45) is 5.92 Å². The second-order valence-corrected chi connectivity index (χ2v) is 9.01. The molecule has 4 rings (SSSR count). The number of para-hydroxylation sites is 1. The van der Waals surface area contributed by atoms with E-state index in [9.17, 15) is 9.59 Å². The van der Waals surface area contributed by atoms with Crippen molar-refractivity contribution >= 4 is 11.8 Å². The maximum Gasteiger partial charge on any atom is 0.274 e. The van der Waals surface area contributed by atoms with Crippen molar-refractivity contribution in [3.05, 3.63) is 54.1 Å². The summed E-state index contributed by atoms with van der Waals surface area (Å²) in [5.74, 6) is 1.39. The number of likely N-dealkylation sites (tertiary alicyclic amines) is 1. The van der Waals surface area contributed by atoms with Crippen LogP contribution < -0.4 is 10.1 Å². The van der Waals surface area contributed by atoms with Crippen LogP contribution in [0.2, 0.25) is 0 Å². The highest BCUT2D eigenvalue weighted by Gasteiger charge is 2.44. The summed E-state index contributed by atoms with van der Waals surface area (Å²) in [7, 11) is 0. The molecule has 1 fully saturated rings. The van der Waals surface area contributed by atoms with Crippen LogP contribution >= 0.6 is 0 Å². The van der Waals surface area contributed by atoms with Crippen molar-refractivity contribution in [3.8, 4) is 5.75 Å². The van der Waals surface area contributed by atoms with Crippen LogP contribution in [0.4, 0.5) is 0 Å². The van der Waals surface area contributed by atoms with E-state index in [1.165, 1.54) is 12.4 Å². The van der Waals surface area contributed by atoms with Gasteiger partial charge in [0.05, 0.1) is 6.20 Å². The molecule has 3 heterocycles. The third-order valence-electron chi connectivity index (χ3n) is 6.19. The van der Waals surface area contributed by atoms with Crippen LogP contribution in [0, 0.1) is 5.92 Å². The van der Waals surface area contributed by atoms with E-state index in [1.54, 1.807) is 6.20 Å². The number of amides is 2. The first-order valence-corrected chi connectivity index (χ1v) is 11.1. The summed E-state index contributed by atoms with van der Waals surface area (Å²) in [5.41, 5.74) is 1.12. The number of ether oxygens (including phenoxy) is 1. The summed E-state index contributed by atoms with van der Waals surface area (Å²) in [6.07, 6.45) is 7.31. The molecule has 2 amide bonds. The molecule has 2 aromatic rings. The number of carbonyl (C=O) groups is 2. The van der Waals surface area contributed by atoms with Gasteiger partial charge in [0.1, 0.15) is 17.0 Å². The van der Waals surface area contributed by atoms with Crippen LogP contribution in [-0.4, -0.2) is 51.9 Å². The van der Waals surface area contributed by atoms with E-state index in [0.29, 0.717) is 37.7 Å². The van der Waals surface area contributed by atoms with Crippen LogP contribution in [-0.2, 0) is 4.79 Å². The molecule has 7 heteroatoms. The number of hydrogen-bond acceptors (Lipinski definition) is 5. The SMILES string of the molecule is CC(C)CNC(=O)C[C@@H]1CC2(CCN(C(=O)c3cnccn3)CC2)Oc2ccccc21. The predicted molar refractivity (Wildman–Crippen MR) is 117 cm³/mol. The fourth-order valence-corrected chi connectivity index (χ4v) is 4.54. The van der Waals surface area contributed by atoms with Gasteiger partial charge in [-0.3, -0.25) is 14.6 Å². The Kier molecular flexibility index (Phi) is 6.20. The molecule has 1 atom stereocenters. The molecule has 1 aromatic heterocycles. The van der Waals surface area contributed by atoms with Gasteiger partial charge in [-0.05, 0) is 24.0 Å². The summed E-state index contributed by atoms with van der Waals surface area (Å²) in [5, 5.41) is 3.05. The molecule has 1 spiro atoms. The fraction of sp³-hybridized carbons (Fsp3) is 0.500. The molecule has 2 aliphatic rings. The molecule has 2 aliphatic heterocycles. The summed E-state index contributed by atoms with van der Waals surface area (Å²) in [4.78, 5) is 35.3. The Bertz CT molecular complexity index is 923. The molecule has 1 saturated heterocycles. The fourth-order valence-electron chi connectivity index (χ4n) is 4.54. The van der Waals surface area contributed by atoms with Crippen molar-refractivity contribution in [1.82, 2.24) is 20.2 Å². The topological polar surface area (TPSA) is 84.4 Å². The zero-order chi connectivity index (χ0) is 21.8. The van der Waals surface area contributed by atoms with Gasteiger partial charge in [0.2, 0.25) is 5.91 Å². The van der Waals surface area contributed by atoms with Gasteiger partial charge in [0, 0.05) is 57.2 Å². The molecule has 1 aromatic carbocycles. The Morgan fingerprint density at radius 2 is 2.00 bits per heavy atom. The van der Waals surface area contributed by atoms with Crippen molar-refractivity contribution in [2.75, 3.05) is 19.6 Å². The average Bonchev–Trinajstić information content (AvgIpc) is 2.78. The Morgan fingerprint density at radius 3 is 2.71 bits per heavy atom. The number of hydrogen-bond donors (Lipinski definition) is 1. The van der Waals surface area contributed by atoms with E-state index in [1.807, 2.05) is 23.1 Å². The Labute approximate surface area is 183 Å². The second kappa shape index (κ2) is 9.04. The molecular weight excluding hydrogens is 392 g/mol. The van der Waals surface area contributed by atoms with Gasteiger partial charge < -0.3 is 15.0 Å². The molecule has 0 radical (unpaired) electrons. The minimum Gasteiger partial charge on any atom is -0.487 e. The monoisotopic (exact) mass is 422 g/mol. The molecule has 0 unspecified atom stereocenters. The molecule has 7 nitrogen and oxygen atoms in total. The first-order valence-electron chi connectivity index (χ1n) is 11.1. The third-order valence-corrected chi connectivity index (χ3v) is 6.19. The highest BCUT2D eigenvalue weighted by Crippen LogP contribution is 2.46. The molecular formula is C24H30N4O3. The lowest BCUT2D eigenvalue weighted by atomic mass is 9.76. The van der Waals surface area contributed by atoms with Gasteiger partial charge in [0.15, 0.2) is 0 Å². The van der Waals surface area contributed by atoms with Gasteiger partial charge >= 0.3 is 0 Å². The minimum absolute atomic E-state index is 0.0841. The Morgan fingerprint density at radius 1 is 1.23 bits per heavy atom. The first kappa shape index (κ1) is 21.3. The third kappa shape index (κ3) is 4.86. The number of nitrogens with zero attached hydrogens (tertiary/aromatic N) is 3. The largest absolute Gasteiger partial charge is 0.487 e. The second-order valence-electron chi connectivity index (χ2n) is 9.01. The van der Waals surface area contributed by atoms with Crippen molar-refractivity contribution in [2.45, 2.75) is 51.0 Å². The normalized spacial score (nSPS) is 19.6. The van der Waals surface area contributed by atoms with Crippen LogP contribution in [0.3, 0.4) is 0 Å². The summed E-state index contributed by atoms with van der Waals surface area (Å²) in [6, 6.07) is 8.03. The summed E-state index contributed by atoms with van der Waals surface area (Å²) < 4.78 is 6.51.